The molecule has 96 valence electrons. The van der Waals surface area contributed by atoms with E-state index in [1.165, 1.54) is 12.1 Å². The molecule has 0 aliphatic carbocycles. The first kappa shape index (κ1) is 13.6. The van der Waals surface area contributed by atoms with Crippen molar-refractivity contribution in [1.82, 2.24) is 0 Å². The Morgan fingerprint density at radius 3 is 2.74 bits per heavy atom. The molecule has 0 spiro atoms. The van der Waals surface area contributed by atoms with Crippen LogP contribution in [-0.2, 0) is 6.61 Å². The minimum Gasteiger partial charge on any atom is -0.489 e. The average Bonchev–Trinajstić information content (AvgIpc) is 2.37. The van der Waals surface area contributed by atoms with Crippen LogP contribution in [0.3, 0.4) is 0 Å². The lowest BCUT2D eigenvalue weighted by Crippen LogP contribution is -1.98. The van der Waals surface area contributed by atoms with Crippen molar-refractivity contribution in [3.05, 3.63) is 63.4 Å². The lowest BCUT2D eigenvalue weighted by atomic mass is 10.1. The first-order chi connectivity index (χ1) is 9.08. The van der Waals surface area contributed by atoms with Gasteiger partial charge in [0.05, 0.1) is 11.6 Å². The van der Waals surface area contributed by atoms with Crippen molar-refractivity contribution in [3.8, 4) is 11.8 Å². The molecule has 0 saturated heterocycles. The molecule has 0 unspecified atom stereocenters. The van der Waals surface area contributed by atoms with Gasteiger partial charge in [0, 0.05) is 4.47 Å². The van der Waals surface area contributed by atoms with Gasteiger partial charge >= 0.3 is 0 Å². The summed E-state index contributed by atoms with van der Waals surface area (Å²) in [6.07, 6.45) is 0. The van der Waals surface area contributed by atoms with Gasteiger partial charge in [-0.05, 0) is 54.4 Å². The van der Waals surface area contributed by atoms with Crippen LogP contribution in [0.1, 0.15) is 16.7 Å². The van der Waals surface area contributed by atoms with Crippen LogP contribution >= 0.6 is 15.9 Å². The number of halogens is 2. The first-order valence-corrected chi connectivity index (χ1v) is 6.46. The number of rotatable bonds is 3. The molecule has 0 atom stereocenters. The standard InChI is InChI=1S/C15H11BrFNO/c1-10-4-13(16)2-3-15(10)19-9-12-5-11(8-18)6-14(17)7-12/h2-7H,9H2,1H3. The van der Waals surface area contributed by atoms with Crippen molar-refractivity contribution >= 4 is 15.9 Å². The normalized spacial score (nSPS) is 10.0. The molecule has 2 aromatic rings. The smallest absolute Gasteiger partial charge is 0.124 e. The highest BCUT2D eigenvalue weighted by Crippen LogP contribution is 2.23. The van der Waals surface area contributed by atoms with Gasteiger partial charge in [-0.25, -0.2) is 4.39 Å². The second-order valence-electron chi connectivity index (χ2n) is 4.16. The van der Waals surface area contributed by atoms with Gasteiger partial charge in [0.1, 0.15) is 18.2 Å². The summed E-state index contributed by atoms with van der Waals surface area (Å²) in [6, 6.07) is 11.8. The Kier molecular flexibility index (Phi) is 4.18. The van der Waals surface area contributed by atoms with E-state index in [9.17, 15) is 4.39 Å². The summed E-state index contributed by atoms with van der Waals surface area (Å²) in [6.45, 7) is 2.17. The van der Waals surface area contributed by atoms with Crippen LogP contribution in [0.15, 0.2) is 40.9 Å². The molecule has 0 heterocycles. The summed E-state index contributed by atoms with van der Waals surface area (Å²) >= 11 is 3.38. The van der Waals surface area contributed by atoms with E-state index in [0.717, 1.165) is 15.8 Å². The lowest BCUT2D eigenvalue weighted by Gasteiger charge is -2.09. The Hall–Kier alpha value is -1.86. The summed E-state index contributed by atoms with van der Waals surface area (Å²) in [7, 11) is 0. The highest BCUT2D eigenvalue weighted by molar-refractivity contribution is 9.10. The second-order valence-corrected chi connectivity index (χ2v) is 5.07. The van der Waals surface area contributed by atoms with Gasteiger partial charge in [-0.2, -0.15) is 5.26 Å². The number of hydrogen-bond acceptors (Lipinski definition) is 2. The maximum Gasteiger partial charge on any atom is 0.124 e. The zero-order valence-corrected chi connectivity index (χ0v) is 11.9. The molecule has 0 aliphatic heterocycles. The Morgan fingerprint density at radius 1 is 1.26 bits per heavy atom. The molecule has 0 saturated carbocycles. The van der Waals surface area contributed by atoms with E-state index in [0.29, 0.717) is 11.1 Å². The van der Waals surface area contributed by atoms with E-state index in [1.54, 1.807) is 6.07 Å². The van der Waals surface area contributed by atoms with Crippen LogP contribution in [0.2, 0.25) is 0 Å². The number of nitrogens with zero attached hydrogens (tertiary/aromatic N) is 1. The Morgan fingerprint density at radius 2 is 2.05 bits per heavy atom. The van der Waals surface area contributed by atoms with Gasteiger partial charge in [0.25, 0.3) is 0 Å². The molecule has 4 heteroatoms. The second kappa shape index (κ2) is 5.85. The van der Waals surface area contributed by atoms with Crippen molar-refractivity contribution in [2.75, 3.05) is 0 Å². The summed E-state index contributed by atoms with van der Waals surface area (Å²) in [4.78, 5) is 0. The Bertz CT molecular complexity index is 649. The molecular weight excluding hydrogens is 309 g/mol. The molecule has 2 rings (SSSR count). The molecule has 0 N–H and O–H groups in total. The van der Waals surface area contributed by atoms with Crippen LogP contribution in [-0.4, -0.2) is 0 Å². The van der Waals surface area contributed by atoms with Gasteiger partial charge in [-0.3, -0.25) is 0 Å². The van der Waals surface area contributed by atoms with Crippen LogP contribution < -0.4 is 4.74 Å². The number of benzene rings is 2. The molecule has 0 aromatic heterocycles. The van der Waals surface area contributed by atoms with E-state index < -0.39 is 5.82 Å². The van der Waals surface area contributed by atoms with Crippen molar-refractivity contribution in [3.63, 3.8) is 0 Å². The van der Waals surface area contributed by atoms with Gasteiger partial charge in [-0.15, -0.1) is 0 Å². The van der Waals surface area contributed by atoms with E-state index in [2.05, 4.69) is 15.9 Å². The number of ether oxygens (including phenoxy) is 1. The maximum atomic E-state index is 13.3. The predicted octanol–water partition coefficient (Wildman–Crippen LogP) is 4.35. The number of nitriles is 1. The van der Waals surface area contributed by atoms with Crippen molar-refractivity contribution < 1.29 is 9.13 Å². The number of aryl methyl sites for hydroxylation is 1. The highest BCUT2D eigenvalue weighted by Gasteiger charge is 2.04. The van der Waals surface area contributed by atoms with E-state index in [1.807, 2.05) is 31.2 Å². The Labute approximate surface area is 119 Å². The fourth-order valence-electron chi connectivity index (χ4n) is 1.73. The fraction of sp³-hybridized carbons (Fsp3) is 0.133. The monoisotopic (exact) mass is 319 g/mol. The van der Waals surface area contributed by atoms with Crippen LogP contribution in [0.25, 0.3) is 0 Å². The van der Waals surface area contributed by atoms with Gasteiger partial charge in [0.15, 0.2) is 0 Å². The molecule has 0 amide bonds. The molecule has 2 nitrogen and oxygen atoms in total. The van der Waals surface area contributed by atoms with Gasteiger partial charge < -0.3 is 4.74 Å². The SMILES string of the molecule is Cc1cc(Br)ccc1OCc1cc(F)cc(C#N)c1. The quantitative estimate of drug-likeness (QED) is 0.842. The minimum absolute atomic E-state index is 0.231. The molecule has 19 heavy (non-hydrogen) atoms. The van der Waals surface area contributed by atoms with E-state index in [-0.39, 0.29) is 6.61 Å². The summed E-state index contributed by atoms with van der Waals surface area (Å²) in [5, 5.41) is 8.78. The third-order valence-corrected chi connectivity index (χ3v) is 3.11. The summed E-state index contributed by atoms with van der Waals surface area (Å²) in [5.74, 6) is 0.316. The molecule has 0 bridgehead atoms. The van der Waals surface area contributed by atoms with Gasteiger partial charge in [0.2, 0.25) is 0 Å². The van der Waals surface area contributed by atoms with E-state index in [4.69, 9.17) is 10.00 Å². The zero-order valence-electron chi connectivity index (χ0n) is 10.3. The zero-order chi connectivity index (χ0) is 13.8. The van der Waals surface area contributed by atoms with Crippen molar-refractivity contribution in [2.24, 2.45) is 0 Å². The third kappa shape index (κ3) is 3.55. The molecular formula is C15H11BrFNO. The minimum atomic E-state index is -0.426. The van der Waals surface area contributed by atoms with E-state index >= 15 is 0 Å². The maximum absolute atomic E-state index is 13.3. The summed E-state index contributed by atoms with van der Waals surface area (Å²) in [5.41, 5.74) is 1.93. The Balaban J connectivity index is 2.14. The van der Waals surface area contributed by atoms with Gasteiger partial charge in [-0.1, -0.05) is 15.9 Å². The van der Waals surface area contributed by atoms with Crippen LogP contribution in [0, 0.1) is 24.1 Å². The van der Waals surface area contributed by atoms with Crippen LogP contribution in [0.4, 0.5) is 4.39 Å². The summed E-state index contributed by atoms with van der Waals surface area (Å²) < 4.78 is 19.9. The third-order valence-electron chi connectivity index (χ3n) is 2.62. The topological polar surface area (TPSA) is 33.0 Å². The molecule has 0 fully saturated rings. The lowest BCUT2D eigenvalue weighted by molar-refractivity contribution is 0.303. The first-order valence-electron chi connectivity index (χ1n) is 5.67. The molecule has 0 aliphatic rings. The predicted molar refractivity (Wildman–Crippen MR) is 74.3 cm³/mol. The molecule has 2 aromatic carbocycles. The molecule has 0 radical (unpaired) electrons. The van der Waals surface area contributed by atoms with Crippen molar-refractivity contribution in [2.45, 2.75) is 13.5 Å². The van der Waals surface area contributed by atoms with Crippen LogP contribution in [0.5, 0.6) is 5.75 Å². The van der Waals surface area contributed by atoms with Crippen molar-refractivity contribution in [1.29, 1.82) is 5.26 Å². The largest absolute Gasteiger partial charge is 0.489 e. The highest BCUT2D eigenvalue weighted by atomic mass is 79.9. The average molecular weight is 320 g/mol. The number of hydrogen-bond donors (Lipinski definition) is 0. The fourth-order valence-corrected chi connectivity index (χ4v) is 2.21.